The summed E-state index contributed by atoms with van der Waals surface area (Å²) in [4.78, 5) is 52.5. The van der Waals surface area contributed by atoms with E-state index in [9.17, 15) is 19.2 Å². The second-order valence-corrected chi connectivity index (χ2v) is 9.28. The number of nitrogens with one attached hydrogen (secondary N) is 2. The predicted molar refractivity (Wildman–Crippen MR) is 132 cm³/mol. The third-order valence-electron chi connectivity index (χ3n) is 7.32. The van der Waals surface area contributed by atoms with Crippen LogP contribution in [0.1, 0.15) is 53.4 Å². The first-order valence-electron chi connectivity index (χ1n) is 12.1. The Morgan fingerprint density at radius 3 is 2.47 bits per heavy atom. The second kappa shape index (κ2) is 9.45. The van der Waals surface area contributed by atoms with Crippen molar-refractivity contribution in [2.45, 2.75) is 50.6 Å². The average molecular weight is 486 g/mol. The molecule has 5 rings (SSSR count). The van der Waals surface area contributed by atoms with Crippen molar-refractivity contribution in [3.05, 3.63) is 89.4 Å². The van der Waals surface area contributed by atoms with Crippen molar-refractivity contribution >= 4 is 29.3 Å². The number of amides is 4. The van der Waals surface area contributed by atoms with Gasteiger partial charge in [-0.25, -0.2) is 0 Å². The molecule has 2 unspecified atom stereocenters. The molecule has 2 aromatic carbocycles. The van der Waals surface area contributed by atoms with Gasteiger partial charge in [-0.15, -0.1) is 0 Å². The van der Waals surface area contributed by atoms with E-state index < -0.39 is 11.5 Å². The molecule has 4 amide bonds. The quantitative estimate of drug-likeness (QED) is 0.537. The summed E-state index contributed by atoms with van der Waals surface area (Å²) in [6.45, 7) is 2.23. The average Bonchev–Trinajstić information content (AvgIpc) is 3.44. The van der Waals surface area contributed by atoms with E-state index in [1.54, 1.807) is 29.2 Å². The number of nitrogens with zero attached hydrogens (tertiary/aromatic N) is 1. The molecular formula is C28H27N3O5. The van der Waals surface area contributed by atoms with Crippen molar-refractivity contribution in [1.82, 2.24) is 10.2 Å². The largest absolute Gasteiger partial charge is 0.459 e. The fraction of sp³-hybridized carbons (Fsp3) is 0.286. The van der Waals surface area contributed by atoms with Crippen LogP contribution in [0.15, 0.2) is 71.3 Å². The second-order valence-electron chi connectivity index (χ2n) is 9.28. The van der Waals surface area contributed by atoms with Crippen molar-refractivity contribution < 1.29 is 23.6 Å². The van der Waals surface area contributed by atoms with Gasteiger partial charge in [-0.2, -0.15) is 0 Å². The van der Waals surface area contributed by atoms with E-state index in [-0.39, 0.29) is 29.4 Å². The maximum Gasteiger partial charge on any atom is 0.290 e. The number of rotatable bonds is 5. The first kappa shape index (κ1) is 23.5. The third kappa shape index (κ3) is 4.19. The number of carbonyl (C=O) groups is 4. The Morgan fingerprint density at radius 2 is 1.81 bits per heavy atom. The molecule has 1 aromatic heterocycles. The summed E-state index contributed by atoms with van der Waals surface area (Å²) in [5.41, 5.74) is 2.62. The van der Waals surface area contributed by atoms with Crippen LogP contribution in [0.4, 0.5) is 5.69 Å². The number of hydrogen-bond donors (Lipinski definition) is 2. The van der Waals surface area contributed by atoms with Gasteiger partial charge in [0.05, 0.1) is 11.7 Å². The van der Waals surface area contributed by atoms with Gasteiger partial charge in [-0.1, -0.05) is 43.3 Å². The van der Waals surface area contributed by atoms with E-state index in [1.165, 1.54) is 6.26 Å². The monoisotopic (exact) mass is 485 g/mol. The molecule has 1 saturated heterocycles. The highest BCUT2D eigenvalue weighted by Gasteiger charge is 2.42. The fourth-order valence-corrected chi connectivity index (χ4v) is 5.18. The maximum atomic E-state index is 13.4. The van der Waals surface area contributed by atoms with E-state index in [0.29, 0.717) is 37.9 Å². The summed E-state index contributed by atoms with van der Waals surface area (Å²) in [5, 5.41) is 5.39. The van der Waals surface area contributed by atoms with Crippen molar-refractivity contribution in [3.8, 4) is 0 Å². The number of benzene rings is 2. The molecule has 0 radical (unpaired) electrons. The number of piperidine rings is 1. The first-order valence-corrected chi connectivity index (χ1v) is 12.1. The zero-order valence-electron chi connectivity index (χ0n) is 20.0. The van der Waals surface area contributed by atoms with Crippen molar-refractivity contribution in [2.75, 3.05) is 5.32 Å². The van der Waals surface area contributed by atoms with Gasteiger partial charge in [0, 0.05) is 25.1 Å². The SMILES string of the molecule is CCC1(c2ccc(NC(=O)C3Cc4ccccc4CN3C(=O)c3ccco3)cc2)CCC(=O)NC1=O. The van der Waals surface area contributed by atoms with Crippen LogP contribution in [0.5, 0.6) is 0 Å². The lowest BCUT2D eigenvalue weighted by Crippen LogP contribution is -2.51. The molecule has 184 valence electrons. The number of anilines is 1. The van der Waals surface area contributed by atoms with E-state index in [2.05, 4.69) is 10.6 Å². The van der Waals surface area contributed by atoms with Crippen LogP contribution in [-0.2, 0) is 32.8 Å². The van der Waals surface area contributed by atoms with Crippen molar-refractivity contribution in [1.29, 1.82) is 0 Å². The number of hydrogen-bond acceptors (Lipinski definition) is 5. The molecule has 2 N–H and O–H groups in total. The summed E-state index contributed by atoms with van der Waals surface area (Å²) in [5.74, 6) is -0.997. The molecule has 2 aliphatic rings. The van der Waals surface area contributed by atoms with Gasteiger partial charge in [0.1, 0.15) is 6.04 Å². The molecule has 0 spiro atoms. The summed E-state index contributed by atoms with van der Waals surface area (Å²) in [6.07, 6.45) is 3.13. The molecule has 3 aromatic rings. The Hall–Kier alpha value is -4.20. The van der Waals surface area contributed by atoms with Crippen LogP contribution in [0.2, 0.25) is 0 Å². The number of carbonyl (C=O) groups excluding carboxylic acids is 4. The Morgan fingerprint density at radius 1 is 1.06 bits per heavy atom. The van der Waals surface area contributed by atoms with Gasteiger partial charge in [0.15, 0.2) is 5.76 Å². The lowest BCUT2D eigenvalue weighted by Gasteiger charge is -2.36. The van der Waals surface area contributed by atoms with Gasteiger partial charge in [0.2, 0.25) is 17.7 Å². The van der Waals surface area contributed by atoms with E-state index in [0.717, 1.165) is 16.7 Å². The lowest BCUT2D eigenvalue weighted by atomic mass is 9.72. The fourth-order valence-electron chi connectivity index (χ4n) is 5.18. The van der Waals surface area contributed by atoms with Crippen LogP contribution in [0.3, 0.4) is 0 Å². The minimum atomic E-state index is -0.768. The van der Waals surface area contributed by atoms with Crippen molar-refractivity contribution in [2.24, 2.45) is 0 Å². The van der Waals surface area contributed by atoms with Gasteiger partial charge >= 0.3 is 0 Å². The summed E-state index contributed by atoms with van der Waals surface area (Å²) >= 11 is 0. The standard InChI is InChI=1S/C28H27N3O5/c1-2-28(14-13-24(32)30-27(28)35)20-9-11-21(12-10-20)29-25(33)22-16-18-6-3-4-7-19(18)17-31(22)26(34)23-8-5-15-36-23/h3-12,15,22H,2,13-14,16-17H2,1H3,(H,29,33)(H,30,32,35). The van der Waals surface area contributed by atoms with Gasteiger partial charge in [-0.3, -0.25) is 24.5 Å². The van der Waals surface area contributed by atoms with Gasteiger partial charge < -0.3 is 14.6 Å². The Bertz CT molecular complexity index is 1320. The topological polar surface area (TPSA) is 109 Å². The smallest absolute Gasteiger partial charge is 0.290 e. The van der Waals surface area contributed by atoms with Crippen LogP contribution in [0.25, 0.3) is 0 Å². The molecule has 0 saturated carbocycles. The summed E-state index contributed by atoms with van der Waals surface area (Å²) in [7, 11) is 0. The Labute approximate surface area is 208 Å². The predicted octanol–water partition coefficient (Wildman–Crippen LogP) is 3.57. The molecule has 3 heterocycles. The zero-order valence-corrected chi connectivity index (χ0v) is 20.0. The highest BCUT2D eigenvalue weighted by molar-refractivity contribution is 6.04. The van der Waals surface area contributed by atoms with Crippen LogP contribution in [0, 0.1) is 0 Å². The highest BCUT2D eigenvalue weighted by Crippen LogP contribution is 2.36. The normalized spacial score (nSPS) is 21.5. The Kier molecular flexibility index (Phi) is 6.18. The molecule has 0 aliphatic carbocycles. The van der Waals surface area contributed by atoms with Gasteiger partial charge in [0.25, 0.3) is 5.91 Å². The molecule has 1 fully saturated rings. The summed E-state index contributed by atoms with van der Waals surface area (Å²) < 4.78 is 5.31. The molecule has 2 aliphatic heterocycles. The van der Waals surface area contributed by atoms with Crippen LogP contribution in [-0.4, -0.2) is 34.6 Å². The van der Waals surface area contributed by atoms with E-state index >= 15 is 0 Å². The van der Waals surface area contributed by atoms with Crippen LogP contribution < -0.4 is 10.6 Å². The van der Waals surface area contributed by atoms with Gasteiger partial charge in [-0.05, 0) is 53.8 Å². The molecular weight excluding hydrogens is 458 g/mol. The minimum Gasteiger partial charge on any atom is -0.459 e. The highest BCUT2D eigenvalue weighted by atomic mass is 16.3. The minimum absolute atomic E-state index is 0.186. The first-order chi connectivity index (χ1) is 17.4. The van der Waals surface area contributed by atoms with Crippen molar-refractivity contribution in [3.63, 3.8) is 0 Å². The zero-order chi connectivity index (χ0) is 25.3. The van der Waals surface area contributed by atoms with Crippen LogP contribution >= 0.6 is 0 Å². The lowest BCUT2D eigenvalue weighted by molar-refractivity contribution is -0.138. The molecule has 2 atom stereocenters. The Balaban J connectivity index is 1.37. The number of fused-ring (bicyclic) bond motifs is 1. The van der Waals surface area contributed by atoms with E-state index in [1.807, 2.05) is 43.3 Å². The number of imide groups is 1. The third-order valence-corrected chi connectivity index (χ3v) is 7.32. The molecule has 8 heteroatoms. The number of furan rings is 1. The molecule has 0 bridgehead atoms. The molecule has 8 nitrogen and oxygen atoms in total. The molecule has 36 heavy (non-hydrogen) atoms. The maximum absolute atomic E-state index is 13.4. The van der Waals surface area contributed by atoms with E-state index in [4.69, 9.17) is 4.42 Å². The summed E-state index contributed by atoms with van der Waals surface area (Å²) in [6, 6.07) is 17.4.